The van der Waals surface area contributed by atoms with Crippen molar-refractivity contribution >= 4 is 0 Å². The Balaban J connectivity index is 2.59. The molecule has 0 fully saturated rings. The molecule has 0 spiro atoms. The molecule has 0 aromatic heterocycles. The minimum absolute atomic E-state index is 0.00399. The summed E-state index contributed by atoms with van der Waals surface area (Å²) in [5.74, 6) is 0. The zero-order valence-electron chi connectivity index (χ0n) is 10.9. The number of benzene rings is 1. The summed E-state index contributed by atoms with van der Waals surface area (Å²) in [4.78, 5) is 0. The molecule has 1 rings (SSSR count). The first-order chi connectivity index (χ1) is 8.58. The second-order valence-electron chi connectivity index (χ2n) is 4.37. The van der Waals surface area contributed by atoms with Crippen molar-refractivity contribution in [3.63, 3.8) is 0 Å². The number of nitrogens with one attached hydrogen (secondary N) is 1. The fourth-order valence-corrected chi connectivity index (χ4v) is 1.84. The number of hydrogen-bond acceptors (Lipinski definition) is 2. The van der Waals surface area contributed by atoms with Gasteiger partial charge in [0.15, 0.2) is 0 Å². The third-order valence-electron chi connectivity index (χ3n) is 3.06. The minimum Gasteiger partial charge on any atom is -0.386 e. The zero-order chi connectivity index (χ0) is 13.5. The maximum absolute atomic E-state index is 12.2. The second kappa shape index (κ2) is 7.44. The topological polar surface area (TPSA) is 32.3 Å². The van der Waals surface area contributed by atoms with E-state index < -0.39 is 12.5 Å². The average molecular weight is 257 g/mol. The van der Waals surface area contributed by atoms with Crippen molar-refractivity contribution in [2.75, 3.05) is 6.54 Å². The molecule has 0 saturated heterocycles. The molecule has 0 bridgehead atoms. The predicted octanol–water partition coefficient (Wildman–Crippen LogP) is 2.92. The van der Waals surface area contributed by atoms with E-state index in [2.05, 4.69) is 12.2 Å². The molecule has 4 heteroatoms. The van der Waals surface area contributed by atoms with Gasteiger partial charge in [0.2, 0.25) is 0 Å². The summed E-state index contributed by atoms with van der Waals surface area (Å²) >= 11 is 0. The molecule has 0 heterocycles. The third kappa shape index (κ3) is 4.35. The van der Waals surface area contributed by atoms with E-state index in [1.54, 1.807) is 0 Å². The van der Waals surface area contributed by atoms with Crippen molar-refractivity contribution in [1.82, 2.24) is 5.32 Å². The molecule has 0 aliphatic carbocycles. The van der Waals surface area contributed by atoms with Crippen LogP contribution in [0.5, 0.6) is 0 Å². The lowest BCUT2D eigenvalue weighted by atomic mass is 10.0. The fraction of sp³-hybridized carbons (Fsp3) is 0.571. The number of hydrogen-bond donors (Lipinski definition) is 2. The van der Waals surface area contributed by atoms with Crippen LogP contribution in [0.25, 0.3) is 0 Å². The summed E-state index contributed by atoms with van der Waals surface area (Å²) < 4.78 is 24.4. The summed E-state index contributed by atoms with van der Waals surface area (Å²) in [5.41, 5.74) is 2.32. The highest BCUT2D eigenvalue weighted by atomic mass is 19.3. The quantitative estimate of drug-likeness (QED) is 0.787. The van der Waals surface area contributed by atoms with Gasteiger partial charge in [-0.15, -0.1) is 0 Å². The lowest BCUT2D eigenvalue weighted by Crippen LogP contribution is -2.34. The SMILES string of the molecule is CCc1ccc(C(CC)NCC(O)C(F)F)cc1. The molecule has 0 amide bonds. The van der Waals surface area contributed by atoms with Gasteiger partial charge in [0, 0.05) is 12.6 Å². The zero-order valence-corrected chi connectivity index (χ0v) is 10.9. The van der Waals surface area contributed by atoms with Crippen molar-refractivity contribution in [3.05, 3.63) is 35.4 Å². The van der Waals surface area contributed by atoms with Gasteiger partial charge in [0.05, 0.1) is 0 Å². The first-order valence-electron chi connectivity index (χ1n) is 6.36. The lowest BCUT2D eigenvalue weighted by Gasteiger charge is -2.20. The molecule has 1 aromatic carbocycles. The molecule has 1 aromatic rings. The van der Waals surface area contributed by atoms with Crippen LogP contribution in [-0.2, 0) is 6.42 Å². The third-order valence-corrected chi connectivity index (χ3v) is 3.06. The normalized spacial score (nSPS) is 14.8. The van der Waals surface area contributed by atoms with E-state index >= 15 is 0 Å². The fourth-order valence-electron chi connectivity index (χ4n) is 1.84. The van der Waals surface area contributed by atoms with Crippen molar-refractivity contribution in [1.29, 1.82) is 0 Å². The number of aryl methyl sites for hydroxylation is 1. The molecule has 2 unspecified atom stereocenters. The van der Waals surface area contributed by atoms with Gasteiger partial charge in [-0.25, -0.2) is 8.78 Å². The second-order valence-corrected chi connectivity index (χ2v) is 4.37. The maximum atomic E-state index is 12.2. The van der Waals surface area contributed by atoms with E-state index in [0.717, 1.165) is 18.4 Å². The smallest absolute Gasteiger partial charge is 0.265 e. The van der Waals surface area contributed by atoms with Crippen molar-refractivity contribution in [2.24, 2.45) is 0 Å². The number of aliphatic hydroxyl groups is 1. The van der Waals surface area contributed by atoms with Crippen LogP contribution in [0.1, 0.15) is 37.4 Å². The maximum Gasteiger partial charge on any atom is 0.265 e. The van der Waals surface area contributed by atoms with Crippen LogP contribution in [0.15, 0.2) is 24.3 Å². The molecule has 0 radical (unpaired) electrons. The van der Waals surface area contributed by atoms with Crippen LogP contribution in [0, 0.1) is 0 Å². The largest absolute Gasteiger partial charge is 0.386 e. The summed E-state index contributed by atoms with van der Waals surface area (Å²) in [6, 6.07) is 8.11. The molecule has 2 nitrogen and oxygen atoms in total. The van der Waals surface area contributed by atoms with Gasteiger partial charge in [0.1, 0.15) is 6.10 Å². The molecule has 0 aliphatic rings. The van der Waals surface area contributed by atoms with E-state index in [-0.39, 0.29) is 12.6 Å². The minimum atomic E-state index is -2.70. The molecule has 0 saturated carbocycles. The predicted molar refractivity (Wildman–Crippen MR) is 68.9 cm³/mol. The van der Waals surface area contributed by atoms with Gasteiger partial charge in [-0.2, -0.15) is 0 Å². The Bertz CT molecular complexity index is 340. The lowest BCUT2D eigenvalue weighted by molar-refractivity contribution is -0.00471. The van der Waals surface area contributed by atoms with Gasteiger partial charge in [-0.3, -0.25) is 0 Å². The van der Waals surface area contributed by atoms with Gasteiger partial charge >= 0.3 is 0 Å². The van der Waals surface area contributed by atoms with E-state index in [9.17, 15) is 8.78 Å². The first kappa shape index (κ1) is 15.1. The van der Waals surface area contributed by atoms with E-state index in [0.29, 0.717) is 0 Å². The summed E-state index contributed by atoms with van der Waals surface area (Å²) in [7, 11) is 0. The number of alkyl halides is 2. The highest BCUT2D eigenvalue weighted by molar-refractivity contribution is 5.25. The molecule has 2 N–H and O–H groups in total. The molecular weight excluding hydrogens is 236 g/mol. The van der Waals surface area contributed by atoms with Crippen LogP contribution in [0.3, 0.4) is 0 Å². The Labute approximate surface area is 107 Å². The average Bonchev–Trinajstić information content (AvgIpc) is 2.39. The first-order valence-corrected chi connectivity index (χ1v) is 6.36. The molecule has 102 valence electrons. The van der Waals surface area contributed by atoms with Crippen molar-refractivity contribution < 1.29 is 13.9 Å². The number of rotatable bonds is 7. The van der Waals surface area contributed by atoms with Gasteiger partial charge in [-0.1, -0.05) is 38.1 Å². The Hall–Kier alpha value is -1.00. The van der Waals surface area contributed by atoms with E-state index in [1.807, 2.05) is 31.2 Å². The van der Waals surface area contributed by atoms with Crippen LogP contribution in [0.4, 0.5) is 8.78 Å². The molecular formula is C14H21F2NO. The Morgan fingerprint density at radius 3 is 2.22 bits per heavy atom. The Morgan fingerprint density at radius 2 is 1.78 bits per heavy atom. The van der Waals surface area contributed by atoms with E-state index in [1.165, 1.54) is 5.56 Å². The van der Waals surface area contributed by atoms with Crippen LogP contribution in [-0.4, -0.2) is 24.2 Å². The highest BCUT2D eigenvalue weighted by Crippen LogP contribution is 2.17. The van der Waals surface area contributed by atoms with Crippen LogP contribution < -0.4 is 5.32 Å². The van der Waals surface area contributed by atoms with Crippen LogP contribution >= 0.6 is 0 Å². The Kier molecular flexibility index (Phi) is 6.22. The molecule has 18 heavy (non-hydrogen) atoms. The number of halogens is 2. The summed E-state index contributed by atoms with van der Waals surface area (Å²) in [6.07, 6.45) is -2.53. The Morgan fingerprint density at radius 1 is 1.17 bits per heavy atom. The van der Waals surface area contributed by atoms with Gasteiger partial charge in [0.25, 0.3) is 6.43 Å². The highest BCUT2D eigenvalue weighted by Gasteiger charge is 2.18. The monoisotopic (exact) mass is 257 g/mol. The summed E-state index contributed by atoms with van der Waals surface area (Å²) in [6.45, 7) is 3.98. The summed E-state index contributed by atoms with van der Waals surface area (Å²) in [5, 5.41) is 12.1. The van der Waals surface area contributed by atoms with Crippen molar-refractivity contribution in [3.8, 4) is 0 Å². The van der Waals surface area contributed by atoms with Gasteiger partial charge in [-0.05, 0) is 24.0 Å². The molecule has 2 atom stereocenters. The van der Waals surface area contributed by atoms with Gasteiger partial charge < -0.3 is 10.4 Å². The van der Waals surface area contributed by atoms with Crippen LogP contribution in [0.2, 0.25) is 0 Å². The molecule has 0 aliphatic heterocycles. The standard InChI is InChI=1S/C14H21F2NO/c1-3-10-5-7-11(8-6-10)12(4-2)17-9-13(18)14(15)16/h5-8,12-14,17-18H,3-4,9H2,1-2H3. The van der Waals surface area contributed by atoms with E-state index in [4.69, 9.17) is 5.11 Å². The van der Waals surface area contributed by atoms with Crippen molar-refractivity contribution in [2.45, 2.75) is 45.3 Å². The number of aliphatic hydroxyl groups excluding tert-OH is 1.